The molecule has 150 valence electrons. The zero-order valence-electron chi connectivity index (χ0n) is 15.3. The van der Waals surface area contributed by atoms with Crippen molar-refractivity contribution in [2.24, 2.45) is 0 Å². The number of esters is 1. The number of rotatable bonds is 5. The van der Waals surface area contributed by atoms with Crippen LogP contribution in [0.25, 0.3) is 0 Å². The molecule has 10 heteroatoms. The number of carbonyl (C=O) groups is 4. The fourth-order valence-corrected chi connectivity index (χ4v) is 3.14. The zero-order chi connectivity index (χ0) is 21.3. The van der Waals surface area contributed by atoms with Crippen LogP contribution in [0.1, 0.15) is 34.6 Å². The molecule has 1 aromatic carbocycles. The van der Waals surface area contributed by atoms with Crippen LogP contribution in [0.5, 0.6) is 0 Å². The summed E-state index contributed by atoms with van der Waals surface area (Å²) in [4.78, 5) is 54.3. The molecule has 0 fully saturated rings. The fraction of sp³-hybridized carbons (Fsp3) is 0.211. The van der Waals surface area contributed by atoms with Crippen LogP contribution in [0.4, 0.5) is 5.82 Å². The summed E-state index contributed by atoms with van der Waals surface area (Å²) < 4.78 is 5.12. The normalized spacial score (nSPS) is 15.0. The van der Waals surface area contributed by atoms with E-state index in [-0.39, 0.29) is 22.0 Å². The molecule has 3 amide bonds. The van der Waals surface area contributed by atoms with Crippen LogP contribution in [-0.2, 0) is 14.3 Å². The third-order valence-electron chi connectivity index (χ3n) is 4.27. The van der Waals surface area contributed by atoms with Gasteiger partial charge < -0.3 is 10.1 Å². The smallest absolute Gasteiger partial charge is 0.329 e. The summed E-state index contributed by atoms with van der Waals surface area (Å²) in [7, 11) is 0. The molecule has 0 unspecified atom stereocenters. The third-order valence-corrected chi connectivity index (χ3v) is 4.76. The van der Waals surface area contributed by atoms with E-state index in [9.17, 15) is 19.2 Å². The van der Waals surface area contributed by atoms with E-state index >= 15 is 0 Å². The number of pyridine rings is 1. The maximum absolute atomic E-state index is 12.5. The number of imide groups is 1. The van der Waals surface area contributed by atoms with Crippen molar-refractivity contribution in [1.82, 2.24) is 9.88 Å². The van der Waals surface area contributed by atoms with Gasteiger partial charge in [-0.15, -0.1) is 0 Å². The highest BCUT2D eigenvalue weighted by Crippen LogP contribution is 2.25. The SMILES string of the molecule is C[C@H](OC(=O)[C@H](C)N1C(=O)c2ccccc2C1=O)C(=O)Nc1ncc(Cl)cc1Cl. The first kappa shape index (κ1) is 20.8. The van der Waals surface area contributed by atoms with Crippen molar-refractivity contribution >= 4 is 52.7 Å². The van der Waals surface area contributed by atoms with E-state index in [4.69, 9.17) is 27.9 Å². The Balaban J connectivity index is 1.66. The Morgan fingerprint density at radius 1 is 1.10 bits per heavy atom. The van der Waals surface area contributed by atoms with E-state index in [2.05, 4.69) is 10.3 Å². The molecular formula is C19H15Cl2N3O5. The second-order valence-corrected chi connectivity index (χ2v) is 7.10. The number of halogens is 2. The van der Waals surface area contributed by atoms with E-state index in [0.29, 0.717) is 5.02 Å². The van der Waals surface area contributed by atoms with Crippen molar-refractivity contribution in [2.75, 3.05) is 5.32 Å². The summed E-state index contributed by atoms with van der Waals surface area (Å²) in [5.74, 6) is -2.73. The molecule has 0 bridgehead atoms. The Labute approximate surface area is 175 Å². The third kappa shape index (κ3) is 4.08. The van der Waals surface area contributed by atoms with E-state index < -0.39 is 35.8 Å². The maximum atomic E-state index is 12.5. The van der Waals surface area contributed by atoms with Gasteiger partial charge in [0.15, 0.2) is 11.9 Å². The van der Waals surface area contributed by atoms with E-state index in [1.54, 1.807) is 12.1 Å². The Morgan fingerprint density at radius 2 is 1.69 bits per heavy atom. The second-order valence-electron chi connectivity index (χ2n) is 6.25. The Kier molecular flexibility index (Phi) is 5.86. The van der Waals surface area contributed by atoms with Gasteiger partial charge in [-0.2, -0.15) is 0 Å². The van der Waals surface area contributed by atoms with Crippen molar-refractivity contribution in [3.8, 4) is 0 Å². The molecule has 1 aliphatic heterocycles. The molecule has 1 N–H and O–H groups in total. The monoisotopic (exact) mass is 435 g/mol. The van der Waals surface area contributed by atoms with Crippen molar-refractivity contribution in [2.45, 2.75) is 26.0 Å². The summed E-state index contributed by atoms with van der Waals surface area (Å²) in [5, 5.41) is 2.83. The van der Waals surface area contributed by atoms with Crippen molar-refractivity contribution in [3.05, 3.63) is 57.7 Å². The lowest BCUT2D eigenvalue weighted by Gasteiger charge is -2.22. The van der Waals surface area contributed by atoms with Crippen molar-refractivity contribution in [1.29, 1.82) is 0 Å². The number of amides is 3. The molecule has 0 radical (unpaired) electrons. The van der Waals surface area contributed by atoms with Crippen LogP contribution >= 0.6 is 23.2 Å². The van der Waals surface area contributed by atoms with E-state index in [0.717, 1.165) is 4.90 Å². The molecule has 0 saturated heterocycles. The number of carbonyl (C=O) groups excluding carboxylic acids is 4. The van der Waals surface area contributed by atoms with Crippen molar-refractivity contribution < 1.29 is 23.9 Å². The van der Waals surface area contributed by atoms with Gasteiger partial charge in [0.25, 0.3) is 17.7 Å². The van der Waals surface area contributed by atoms with Crippen LogP contribution in [0.15, 0.2) is 36.5 Å². The molecule has 0 saturated carbocycles. The summed E-state index contributed by atoms with van der Waals surface area (Å²) >= 11 is 11.7. The molecule has 8 nitrogen and oxygen atoms in total. The lowest BCUT2D eigenvalue weighted by atomic mass is 10.1. The summed E-state index contributed by atoms with van der Waals surface area (Å²) in [6.07, 6.45) is 0.0676. The van der Waals surface area contributed by atoms with Crippen LogP contribution in [0.2, 0.25) is 10.0 Å². The molecule has 29 heavy (non-hydrogen) atoms. The number of hydrogen-bond donors (Lipinski definition) is 1. The number of ether oxygens (including phenoxy) is 1. The van der Waals surface area contributed by atoms with Gasteiger partial charge in [0.1, 0.15) is 6.04 Å². The van der Waals surface area contributed by atoms with E-state index in [1.165, 1.54) is 38.2 Å². The van der Waals surface area contributed by atoms with E-state index in [1.807, 2.05) is 0 Å². The van der Waals surface area contributed by atoms with Gasteiger partial charge in [-0.1, -0.05) is 35.3 Å². The number of fused-ring (bicyclic) bond motifs is 1. The number of aromatic nitrogens is 1. The first-order valence-corrected chi connectivity index (χ1v) is 9.25. The minimum atomic E-state index is -1.23. The van der Waals surface area contributed by atoms with Gasteiger partial charge in [0.2, 0.25) is 0 Å². The largest absolute Gasteiger partial charge is 0.451 e. The van der Waals surface area contributed by atoms with Crippen LogP contribution in [-0.4, -0.2) is 45.7 Å². The minimum absolute atomic E-state index is 0.0531. The van der Waals surface area contributed by atoms with Crippen LogP contribution in [0, 0.1) is 0 Å². The Hall–Kier alpha value is -2.97. The maximum Gasteiger partial charge on any atom is 0.329 e. The van der Waals surface area contributed by atoms with Gasteiger partial charge in [-0.05, 0) is 32.0 Å². The van der Waals surface area contributed by atoms with Crippen molar-refractivity contribution in [3.63, 3.8) is 0 Å². The highest BCUT2D eigenvalue weighted by molar-refractivity contribution is 6.36. The standard InChI is InChI=1S/C19H15Cl2N3O5/c1-9(24-17(26)12-5-3-4-6-13(12)18(24)27)19(28)29-10(2)16(25)23-15-14(21)7-11(20)8-22-15/h3-10H,1-2H3,(H,22,23,25)/t9-,10-/m0/s1. The van der Waals surface area contributed by atoms with Gasteiger partial charge >= 0.3 is 5.97 Å². The summed E-state index contributed by atoms with van der Waals surface area (Å²) in [6.45, 7) is 2.69. The topological polar surface area (TPSA) is 106 Å². The number of nitrogens with one attached hydrogen (secondary N) is 1. The molecule has 2 heterocycles. The second kappa shape index (κ2) is 8.18. The molecule has 2 aromatic rings. The molecule has 1 aromatic heterocycles. The average molecular weight is 436 g/mol. The zero-order valence-corrected chi connectivity index (χ0v) is 16.8. The molecule has 2 atom stereocenters. The predicted molar refractivity (Wildman–Crippen MR) is 105 cm³/mol. The van der Waals surface area contributed by atoms with Gasteiger partial charge in [-0.3, -0.25) is 19.3 Å². The number of nitrogens with zero attached hydrogens (tertiary/aromatic N) is 2. The highest BCUT2D eigenvalue weighted by Gasteiger charge is 2.41. The van der Waals surface area contributed by atoms with Gasteiger partial charge in [0.05, 0.1) is 21.2 Å². The van der Waals surface area contributed by atoms with Gasteiger partial charge in [-0.25, -0.2) is 9.78 Å². The average Bonchev–Trinajstić information content (AvgIpc) is 2.94. The Bertz CT molecular complexity index is 992. The molecule has 1 aliphatic rings. The molecule has 0 aliphatic carbocycles. The highest BCUT2D eigenvalue weighted by atomic mass is 35.5. The first-order valence-electron chi connectivity index (χ1n) is 8.50. The minimum Gasteiger partial charge on any atom is -0.451 e. The number of hydrogen-bond acceptors (Lipinski definition) is 6. The Morgan fingerprint density at radius 3 is 2.24 bits per heavy atom. The number of benzene rings is 1. The fourth-order valence-electron chi connectivity index (χ4n) is 2.72. The molecule has 3 rings (SSSR count). The van der Waals surface area contributed by atoms with Crippen LogP contribution in [0.3, 0.4) is 0 Å². The number of anilines is 1. The molecule has 0 spiro atoms. The molecular weight excluding hydrogens is 421 g/mol. The predicted octanol–water partition coefficient (Wildman–Crippen LogP) is 2.94. The summed E-state index contributed by atoms with van der Waals surface area (Å²) in [5.41, 5.74) is 0.429. The first-order chi connectivity index (χ1) is 13.7. The lowest BCUT2D eigenvalue weighted by molar-refractivity contribution is -0.156. The summed E-state index contributed by atoms with van der Waals surface area (Å²) in [6, 6.07) is 6.44. The van der Waals surface area contributed by atoms with Crippen LogP contribution < -0.4 is 5.32 Å². The van der Waals surface area contributed by atoms with Gasteiger partial charge in [0, 0.05) is 6.20 Å². The quantitative estimate of drug-likeness (QED) is 0.571. The lowest BCUT2D eigenvalue weighted by Crippen LogP contribution is -2.45.